The Morgan fingerprint density at radius 3 is 2.11 bits per heavy atom. The molecule has 3 nitrogen and oxygen atoms in total. The zero-order chi connectivity index (χ0) is 7.49. The summed E-state index contributed by atoms with van der Waals surface area (Å²) in [6, 6.07) is 0. The van der Waals surface area contributed by atoms with E-state index >= 15 is 0 Å². The monoisotopic (exact) mass is 151 g/mol. The molecule has 0 aromatic rings. The van der Waals surface area contributed by atoms with Gasteiger partial charge in [-0.05, 0) is 13.8 Å². The molecule has 0 heterocycles. The van der Waals surface area contributed by atoms with Crippen molar-refractivity contribution in [1.29, 1.82) is 0 Å². The molecule has 0 N–H and O–H groups in total. The van der Waals surface area contributed by atoms with Gasteiger partial charge in [-0.3, -0.25) is 0 Å². The fourth-order valence-corrected chi connectivity index (χ4v) is 0.977. The van der Waals surface area contributed by atoms with Crippen molar-refractivity contribution < 1.29 is 13.2 Å². The maximum atomic E-state index is 10.7. The lowest BCUT2D eigenvalue weighted by atomic mass is 10.9. The van der Waals surface area contributed by atoms with Crippen LogP contribution in [0.3, 0.4) is 0 Å². The van der Waals surface area contributed by atoms with Crippen LogP contribution in [-0.2, 0) is 14.6 Å². The first-order valence-corrected chi connectivity index (χ1v) is 4.21. The van der Waals surface area contributed by atoms with Crippen LogP contribution >= 0.6 is 0 Å². The first-order chi connectivity index (χ1) is 4.04. The molecule has 1 unspecified atom stereocenters. The Hall–Kier alpha value is -0.0900. The predicted molar refractivity (Wildman–Crippen MR) is 35.4 cm³/mol. The lowest BCUT2D eigenvalue weighted by Gasteiger charge is -2.06. The number of hydrogen-bond acceptors (Lipinski definition) is 3. The molecule has 0 aromatic carbocycles. The van der Waals surface area contributed by atoms with E-state index < -0.39 is 15.3 Å². The average molecular weight is 151 g/mol. The number of hydrogen-bond donors (Lipinski definition) is 0. The third-order valence-electron chi connectivity index (χ3n) is 1.12. The maximum Gasteiger partial charge on any atom is 0.180 e. The van der Waals surface area contributed by atoms with Crippen LogP contribution in [0.4, 0.5) is 0 Å². The second-order valence-corrected chi connectivity index (χ2v) is 3.94. The largest absolute Gasteiger partial charge is 0.366 e. The van der Waals surface area contributed by atoms with Gasteiger partial charge in [0.2, 0.25) is 0 Å². The summed E-state index contributed by atoms with van der Waals surface area (Å²) in [5.41, 5.74) is -0.720. The Morgan fingerprint density at radius 1 is 1.56 bits per heavy atom. The van der Waals surface area contributed by atoms with Crippen LogP contribution in [0.1, 0.15) is 13.8 Å². The summed E-state index contributed by atoms with van der Waals surface area (Å²) in [6.45, 7) is 2.97. The zero-order valence-corrected chi connectivity index (χ0v) is 6.60. The van der Waals surface area contributed by atoms with Crippen LogP contribution in [0.2, 0.25) is 0 Å². The van der Waals surface area contributed by atoms with Gasteiger partial charge in [-0.15, -0.1) is 0 Å². The molecule has 4 heteroatoms. The second kappa shape index (κ2) is 3.17. The molecule has 0 rings (SSSR count). The van der Waals surface area contributed by atoms with Gasteiger partial charge >= 0.3 is 0 Å². The van der Waals surface area contributed by atoms with Crippen molar-refractivity contribution in [3.05, 3.63) is 5.75 Å². The highest BCUT2D eigenvalue weighted by atomic mass is 32.2. The summed E-state index contributed by atoms with van der Waals surface area (Å²) in [5, 5.41) is 0. The standard InChI is InChI=1S/C5H11O3S/c1-4-9(6,7)5(2)8-3/h4-5H,1-3H3. The summed E-state index contributed by atoms with van der Waals surface area (Å²) in [6.07, 6.45) is 0. The van der Waals surface area contributed by atoms with Crippen molar-refractivity contribution in [2.45, 2.75) is 19.3 Å². The van der Waals surface area contributed by atoms with Crippen molar-refractivity contribution in [2.24, 2.45) is 0 Å². The first kappa shape index (κ1) is 8.91. The zero-order valence-electron chi connectivity index (χ0n) is 5.79. The van der Waals surface area contributed by atoms with Crippen LogP contribution in [0.15, 0.2) is 0 Å². The molecule has 1 atom stereocenters. The molecular formula is C5H11O3S. The van der Waals surface area contributed by atoms with Gasteiger partial charge in [0, 0.05) is 7.11 Å². The Bertz CT molecular complexity index is 159. The fourth-order valence-electron chi connectivity index (χ4n) is 0.326. The molecule has 0 saturated carbocycles. The molecule has 0 aromatic heterocycles. The van der Waals surface area contributed by atoms with E-state index in [2.05, 4.69) is 4.74 Å². The molecule has 9 heavy (non-hydrogen) atoms. The SMILES string of the molecule is C[CH]S(=O)(=O)C(C)OC. The van der Waals surface area contributed by atoms with Gasteiger partial charge in [0.15, 0.2) is 15.3 Å². The highest BCUT2D eigenvalue weighted by molar-refractivity contribution is 7.93. The molecule has 0 bridgehead atoms. The van der Waals surface area contributed by atoms with Crippen LogP contribution in [0.25, 0.3) is 0 Å². The van der Waals surface area contributed by atoms with Gasteiger partial charge in [-0.2, -0.15) is 0 Å². The van der Waals surface area contributed by atoms with Gasteiger partial charge in [0.05, 0.1) is 5.75 Å². The number of rotatable bonds is 3. The molecule has 55 valence electrons. The molecule has 0 fully saturated rings. The first-order valence-electron chi connectivity index (χ1n) is 2.60. The molecule has 0 aliphatic rings. The molecule has 1 radical (unpaired) electrons. The van der Waals surface area contributed by atoms with E-state index in [9.17, 15) is 8.42 Å². The summed E-state index contributed by atoms with van der Waals surface area (Å²) in [4.78, 5) is 0. The molecule has 0 aliphatic carbocycles. The lowest BCUT2D eigenvalue weighted by Crippen LogP contribution is -2.18. The third kappa shape index (κ3) is 2.32. The van der Waals surface area contributed by atoms with Gasteiger partial charge in [-0.25, -0.2) is 8.42 Å². The Morgan fingerprint density at radius 2 is 2.00 bits per heavy atom. The maximum absolute atomic E-state index is 10.7. The molecule has 0 spiro atoms. The van der Waals surface area contributed by atoms with Crippen molar-refractivity contribution in [2.75, 3.05) is 7.11 Å². The predicted octanol–water partition coefficient (Wildman–Crippen LogP) is 0.575. The van der Waals surface area contributed by atoms with Crippen molar-refractivity contribution >= 4 is 9.84 Å². The second-order valence-electron chi connectivity index (χ2n) is 1.63. The Balaban J connectivity index is 4.17. The lowest BCUT2D eigenvalue weighted by molar-refractivity contribution is 0.179. The minimum atomic E-state index is -3.10. The van der Waals surface area contributed by atoms with Crippen LogP contribution in [-0.4, -0.2) is 21.0 Å². The van der Waals surface area contributed by atoms with Crippen LogP contribution < -0.4 is 0 Å². The molecule has 0 saturated heterocycles. The van der Waals surface area contributed by atoms with Crippen molar-refractivity contribution in [1.82, 2.24) is 0 Å². The summed E-state index contributed by atoms with van der Waals surface area (Å²) < 4.78 is 26.1. The smallest absolute Gasteiger partial charge is 0.180 e. The van der Waals surface area contributed by atoms with E-state index in [0.717, 1.165) is 5.75 Å². The van der Waals surface area contributed by atoms with E-state index in [4.69, 9.17) is 0 Å². The number of ether oxygens (including phenoxy) is 1. The average Bonchev–Trinajstić information content (AvgIpc) is 1.86. The Labute approximate surface area is 55.9 Å². The van der Waals surface area contributed by atoms with Crippen molar-refractivity contribution in [3.63, 3.8) is 0 Å². The number of sulfone groups is 1. The van der Waals surface area contributed by atoms with Gasteiger partial charge in [0.1, 0.15) is 0 Å². The van der Waals surface area contributed by atoms with Crippen LogP contribution in [0, 0.1) is 5.75 Å². The van der Waals surface area contributed by atoms with Gasteiger partial charge in [0.25, 0.3) is 0 Å². The minimum Gasteiger partial charge on any atom is -0.366 e. The minimum absolute atomic E-state index is 0.720. The van der Waals surface area contributed by atoms with Gasteiger partial charge < -0.3 is 4.74 Å². The summed E-state index contributed by atoms with van der Waals surface area (Å²) >= 11 is 0. The van der Waals surface area contributed by atoms with E-state index in [1.54, 1.807) is 0 Å². The topological polar surface area (TPSA) is 43.4 Å². The summed E-state index contributed by atoms with van der Waals surface area (Å²) in [5.74, 6) is 1.14. The normalized spacial score (nSPS) is 15.4. The van der Waals surface area contributed by atoms with Gasteiger partial charge in [-0.1, -0.05) is 0 Å². The third-order valence-corrected chi connectivity index (χ3v) is 2.90. The quantitative estimate of drug-likeness (QED) is 0.592. The van der Waals surface area contributed by atoms with Crippen molar-refractivity contribution in [3.8, 4) is 0 Å². The fraction of sp³-hybridized carbons (Fsp3) is 0.800. The van der Waals surface area contributed by atoms with E-state index in [0.29, 0.717) is 0 Å². The molecular weight excluding hydrogens is 140 g/mol. The number of methoxy groups -OCH3 is 1. The van der Waals surface area contributed by atoms with E-state index in [1.807, 2.05) is 0 Å². The highest BCUT2D eigenvalue weighted by Gasteiger charge is 2.16. The molecule has 0 amide bonds. The van der Waals surface area contributed by atoms with E-state index in [-0.39, 0.29) is 0 Å². The highest BCUT2D eigenvalue weighted by Crippen LogP contribution is 2.04. The van der Waals surface area contributed by atoms with Crippen LogP contribution in [0.5, 0.6) is 0 Å². The van der Waals surface area contributed by atoms with E-state index in [1.165, 1.54) is 21.0 Å². The Kier molecular flexibility index (Phi) is 3.14. The molecule has 0 aliphatic heterocycles. The summed E-state index contributed by atoms with van der Waals surface area (Å²) in [7, 11) is -1.73.